The predicted molar refractivity (Wildman–Crippen MR) is 88.4 cm³/mol. The molecule has 0 saturated carbocycles. The second kappa shape index (κ2) is 6.18. The summed E-state index contributed by atoms with van der Waals surface area (Å²) in [5.41, 5.74) is 3.71. The van der Waals surface area contributed by atoms with Crippen molar-refractivity contribution in [3.05, 3.63) is 29.3 Å². The van der Waals surface area contributed by atoms with E-state index in [0.29, 0.717) is 23.8 Å². The quantitative estimate of drug-likeness (QED) is 0.862. The van der Waals surface area contributed by atoms with Gasteiger partial charge in [-0.25, -0.2) is 0 Å². The van der Waals surface area contributed by atoms with Crippen LogP contribution in [0.5, 0.6) is 0 Å². The van der Waals surface area contributed by atoms with E-state index < -0.39 is 0 Å². The van der Waals surface area contributed by atoms with Crippen molar-refractivity contribution in [2.45, 2.75) is 53.5 Å². The lowest BCUT2D eigenvalue weighted by molar-refractivity contribution is -0.115. The Morgan fingerprint density at radius 1 is 1.33 bits per heavy atom. The van der Waals surface area contributed by atoms with Gasteiger partial charge in [-0.3, -0.25) is 4.79 Å². The van der Waals surface area contributed by atoms with Gasteiger partial charge in [-0.15, -0.1) is 0 Å². The minimum Gasteiger partial charge on any atom is -0.326 e. The van der Waals surface area contributed by atoms with E-state index in [9.17, 15) is 4.79 Å². The van der Waals surface area contributed by atoms with Gasteiger partial charge in [0.1, 0.15) is 0 Å². The average molecular weight is 288 g/mol. The fourth-order valence-electron chi connectivity index (χ4n) is 2.76. The minimum absolute atomic E-state index is 0.102. The molecule has 2 rings (SSSR count). The number of carbonyl (C=O) groups excluding carboxylic acids is 1. The first kappa shape index (κ1) is 16.0. The number of hydrogen-bond donors (Lipinski definition) is 2. The van der Waals surface area contributed by atoms with Crippen molar-refractivity contribution in [1.29, 1.82) is 0 Å². The highest BCUT2D eigenvalue weighted by Crippen LogP contribution is 2.34. The van der Waals surface area contributed by atoms with Crippen molar-refractivity contribution in [3.63, 3.8) is 0 Å². The van der Waals surface area contributed by atoms with Gasteiger partial charge in [0.2, 0.25) is 5.91 Å². The lowest BCUT2D eigenvalue weighted by Gasteiger charge is -2.31. The van der Waals surface area contributed by atoms with Crippen molar-refractivity contribution in [2.24, 2.45) is 11.3 Å². The first-order valence-corrected chi connectivity index (χ1v) is 7.97. The zero-order valence-corrected chi connectivity index (χ0v) is 13.9. The summed E-state index contributed by atoms with van der Waals surface area (Å²) in [7, 11) is 0. The van der Waals surface area contributed by atoms with Crippen LogP contribution in [0.1, 0.15) is 58.2 Å². The lowest BCUT2D eigenvalue weighted by atomic mass is 9.77. The minimum atomic E-state index is 0.102. The van der Waals surface area contributed by atoms with Crippen LogP contribution in [0, 0.1) is 11.3 Å². The van der Waals surface area contributed by atoms with E-state index in [1.165, 1.54) is 5.56 Å². The van der Waals surface area contributed by atoms with Gasteiger partial charge in [0.05, 0.1) is 6.42 Å². The van der Waals surface area contributed by atoms with E-state index in [1.54, 1.807) is 0 Å². The zero-order valence-electron chi connectivity index (χ0n) is 13.9. The Morgan fingerprint density at radius 2 is 2.05 bits per heavy atom. The number of carbonyl (C=O) groups is 1. The van der Waals surface area contributed by atoms with Gasteiger partial charge in [-0.1, -0.05) is 46.8 Å². The van der Waals surface area contributed by atoms with Crippen molar-refractivity contribution in [2.75, 3.05) is 11.9 Å². The number of hydrogen-bond acceptors (Lipinski definition) is 2. The average Bonchev–Trinajstić information content (AvgIpc) is 2.75. The van der Waals surface area contributed by atoms with Crippen LogP contribution < -0.4 is 10.6 Å². The number of nitrogens with one attached hydrogen (secondary N) is 2. The molecule has 0 fully saturated rings. The van der Waals surface area contributed by atoms with Crippen LogP contribution in [0.2, 0.25) is 0 Å². The van der Waals surface area contributed by atoms with Gasteiger partial charge in [-0.05, 0) is 41.5 Å². The van der Waals surface area contributed by atoms with Gasteiger partial charge in [0.15, 0.2) is 0 Å². The standard InChI is InChI=1S/C18H28N2O/c1-6-19-16(9-12(2)18(3,4)5)13-7-8-15-14(10-13)11-17(21)20-15/h7-8,10,12,16,19H,6,9,11H2,1-5H3,(H,20,21). The molecule has 0 bridgehead atoms. The van der Waals surface area contributed by atoms with E-state index in [2.05, 4.69) is 57.4 Å². The summed E-state index contributed by atoms with van der Waals surface area (Å²) in [4.78, 5) is 11.5. The normalized spacial score (nSPS) is 17.3. The van der Waals surface area contributed by atoms with Crippen LogP contribution in [0.15, 0.2) is 18.2 Å². The highest BCUT2D eigenvalue weighted by molar-refractivity contribution is 5.99. The van der Waals surface area contributed by atoms with Crippen LogP contribution in [0.25, 0.3) is 0 Å². The smallest absolute Gasteiger partial charge is 0.228 e. The number of amides is 1. The number of fused-ring (bicyclic) bond motifs is 1. The highest BCUT2D eigenvalue weighted by atomic mass is 16.1. The maximum Gasteiger partial charge on any atom is 0.228 e. The molecule has 116 valence electrons. The molecule has 1 aromatic carbocycles. The molecule has 0 saturated heterocycles. The van der Waals surface area contributed by atoms with Crippen LogP contribution in [-0.2, 0) is 11.2 Å². The van der Waals surface area contributed by atoms with E-state index >= 15 is 0 Å². The lowest BCUT2D eigenvalue weighted by Crippen LogP contribution is -2.27. The second-order valence-electron chi connectivity index (χ2n) is 7.25. The van der Waals surface area contributed by atoms with Gasteiger partial charge < -0.3 is 10.6 Å². The molecule has 21 heavy (non-hydrogen) atoms. The molecule has 0 aliphatic carbocycles. The SMILES string of the molecule is CCNC(CC(C)C(C)(C)C)c1ccc2c(c1)CC(=O)N2. The summed E-state index contributed by atoms with van der Waals surface area (Å²) in [6.07, 6.45) is 1.62. The summed E-state index contributed by atoms with van der Waals surface area (Å²) >= 11 is 0. The van der Waals surface area contributed by atoms with E-state index in [-0.39, 0.29) is 5.91 Å². The van der Waals surface area contributed by atoms with E-state index in [4.69, 9.17) is 0 Å². The summed E-state index contributed by atoms with van der Waals surface area (Å²) in [6, 6.07) is 6.73. The van der Waals surface area contributed by atoms with Gasteiger partial charge in [0, 0.05) is 11.7 Å². The predicted octanol–water partition coefficient (Wildman–Crippen LogP) is 3.90. The molecule has 2 N–H and O–H groups in total. The van der Waals surface area contributed by atoms with Gasteiger partial charge in [-0.2, -0.15) is 0 Å². The molecule has 0 aromatic heterocycles. The Labute approximate surface area is 128 Å². The third-order valence-corrected chi connectivity index (χ3v) is 4.67. The zero-order chi connectivity index (χ0) is 15.6. The Hall–Kier alpha value is -1.35. The van der Waals surface area contributed by atoms with Gasteiger partial charge in [0.25, 0.3) is 0 Å². The first-order chi connectivity index (χ1) is 9.81. The molecule has 1 aliphatic rings. The Bertz CT molecular complexity index is 516. The Balaban J connectivity index is 2.19. The van der Waals surface area contributed by atoms with Crippen LogP contribution in [0.4, 0.5) is 5.69 Å². The third kappa shape index (κ3) is 3.85. The summed E-state index contributed by atoms with van der Waals surface area (Å²) in [5.74, 6) is 0.722. The summed E-state index contributed by atoms with van der Waals surface area (Å²) in [6.45, 7) is 12.3. The molecule has 0 spiro atoms. The van der Waals surface area contributed by atoms with Crippen molar-refractivity contribution in [3.8, 4) is 0 Å². The number of benzene rings is 1. The molecule has 2 atom stereocenters. The molecule has 0 radical (unpaired) electrons. The maximum absolute atomic E-state index is 11.5. The van der Waals surface area contributed by atoms with Crippen LogP contribution >= 0.6 is 0 Å². The van der Waals surface area contributed by atoms with Crippen molar-refractivity contribution < 1.29 is 4.79 Å². The number of rotatable bonds is 5. The number of anilines is 1. The molecular formula is C18H28N2O. The van der Waals surface area contributed by atoms with Crippen molar-refractivity contribution >= 4 is 11.6 Å². The van der Waals surface area contributed by atoms with E-state index in [0.717, 1.165) is 24.2 Å². The topological polar surface area (TPSA) is 41.1 Å². The van der Waals surface area contributed by atoms with Crippen LogP contribution in [-0.4, -0.2) is 12.5 Å². The third-order valence-electron chi connectivity index (χ3n) is 4.67. The van der Waals surface area contributed by atoms with Crippen molar-refractivity contribution in [1.82, 2.24) is 5.32 Å². The highest BCUT2D eigenvalue weighted by Gasteiger charge is 2.25. The summed E-state index contributed by atoms with van der Waals surface area (Å²) in [5, 5.41) is 6.50. The molecule has 3 heteroatoms. The molecular weight excluding hydrogens is 260 g/mol. The second-order valence-corrected chi connectivity index (χ2v) is 7.25. The molecule has 1 aliphatic heterocycles. The summed E-state index contributed by atoms with van der Waals surface area (Å²) < 4.78 is 0. The largest absolute Gasteiger partial charge is 0.326 e. The molecule has 1 heterocycles. The van der Waals surface area contributed by atoms with E-state index in [1.807, 2.05) is 6.07 Å². The first-order valence-electron chi connectivity index (χ1n) is 7.97. The maximum atomic E-state index is 11.5. The van der Waals surface area contributed by atoms with Crippen LogP contribution in [0.3, 0.4) is 0 Å². The van der Waals surface area contributed by atoms with Gasteiger partial charge >= 0.3 is 0 Å². The molecule has 2 unspecified atom stereocenters. The molecule has 1 aromatic rings. The monoisotopic (exact) mass is 288 g/mol. The Kier molecular flexibility index (Phi) is 4.72. The fraction of sp³-hybridized carbons (Fsp3) is 0.611. The fourth-order valence-corrected chi connectivity index (χ4v) is 2.76. The molecule has 3 nitrogen and oxygen atoms in total. The molecule has 1 amide bonds. The Morgan fingerprint density at radius 3 is 2.67 bits per heavy atom.